The number of carboxylic acid groups (broad SMARTS) is 1. The molecule has 4 saturated heterocycles. The van der Waals surface area contributed by atoms with E-state index in [4.69, 9.17) is 33.2 Å². The molecule has 224 valence electrons. The summed E-state index contributed by atoms with van der Waals surface area (Å²) in [5.74, 6) is -2.03. The molecule has 5 aliphatic rings. The molecule has 4 aliphatic heterocycles. The summed E-state index contributed by atoms with van der Waals surface area (Å²) in [5, 5.41) is 62.6. The van der Waals surface area contributed by atoms with E-state index in [1.165, 1.54) is 0 Å². The van der Waals surface area contributed by atoms with Crippen LogP contribution in [-0.2, 0) is 38.0 Å². The van der Waals surface area contributed by atoms with Crippen molar-refractivity contribution in [1.29, 1.82) is 0 Å². The van der Waals surface area contributed by atoms with Gasteiger partial charge in [0.05, 0.1) is 18.8 Å². The van der Waals surface area contributed by atoms with Gasteiger partial charge < -0.3 is 63.8 Å². The largest absolute Gasteiger partial charge is 0.479 e. The monoisotopic (exact) mass is 564 g/mol. The van der Waals surface area contributed by atoms with Crippen LogP contribution in [0.15, 0.2) is 0 Å². The minimum Gasteiger partial charge on any atom is -0.479 e. The zero-order valence-electron chi connectivity index (χ0n) is 21.8. The van der Waals surface area contributed by atoms with Crippen LogP contribution in [0.5, 0.6) is 0 Å². The fourth-order valence-corrected chi connectivity index (χ4v) is 6.20. The van der Waals surface area contributed by atoms with Gasteiger partial charge in [-0.15, -0.1) is 0 Å². The second-order valence-corrected chi connectivity index (χ2v) is 11.2. The normalized spacial score (nSPS) is 51.5. The Balaban J connectivity index is 1.48. The van der Waals surface area contributed by atoms with Gasteiger partial charge in [0.15, 0.2) is 25.0 Å². The third kappa shape index (κ3) is 5.98. The van der Waals surface area contributed by atoms with Crippen LogP contribution in [0, 0.1) is 11.8 Å². The molecular formula is C25H40O14. The molecule has 4 bridgehead atoms. The summed E-state index contributed by atoms with van der Waals surface area (Å²) < 4.78 is 42.1. The van der Waals surface area contributed by atoms with Crippen LogP contribution in [0.2, 0.25) is 0 Å². The molecule has 39 heavy (non-hydrogen) atoms. The van der Waals surface area contributed by atoms with Gasteiger partial charge in [0, 0.05) is 19.1 Å². The van der Waals surface area contributed by atoms with Crippen molar-refractivity contribution in [3.05, 3.63) is 0 Å². The van der Waals surface area contributed by atoms with Crippen molar-refractivity contribution < 1.29 is 68.6 Å². The molecule has 0 radical (unpaired) electrons. The van der Waals surface area contributed by atoms with E-state index in [0.29, 0.717) is 19.3 Å². The summed E-state index contributed by atoms with van der Waals surface area (Å²) in [6, 6.07) is 0. The molecule has 5 rings (SSSR count). The number of fused-ring (bicyclic) bond motifs is 7. The Bertz CT molecular complexity index is 831. The van der Waals surface area contributed by atoms with Gasteiger partial charge in [-0.1, -0.05) is 13.3 Å². The molecule has 15 atom stereocenters. The van der Waals surface area contributed by atoms with E-state index >= 15 is 0 Å². The number of aliphatic hydroxyl groups excluding tert-OH is 5. The lowest BCUT2D eigenvalue weighted by atomic mass is 9.85. The predicted octanol–water partition coefficient (Wildman–Crippen LogP) is -1.92. The van der Waals surface area contributed by atoms with Gasteiger partial charge in [-0.2, -0.15) is 0 Å². The highest BCUT2D eigenvalue weighted by Crippen LogP contribution is 2.38. The first-order chi connectivity index (χ1) is 18.7. The average Bonchev–Trinajstić information content (AvgIpc) is 3.00. The second kappa shape index (κ2) is 12.5. The van der Waals surface area contributed by atoms with Crippen LogP contribution in [0.25, 0.3) is 0 Å². The SMILES string of the molecule is C[C@@H]1CCC[C@H]2O[C@@H]3O[C@@H](COC4O[C@@H](OC12)[C@@H](O)C(O)[C@@H]4O)[C@H](O)C1O[C@@H](C(=O)O)[C@H](CO)CCCOC13. The van der Waals surface area contributed by atoms with Gasteiger partial charge in [-0.25, -0.2) is 4.79 Å². The Morgan fingerprint density at radius 2 is 1.46 bits per heavy atom. The van der Waals surface area contributed by atoms with Gasteiger partial charge in [-0.3, -0.25) is 0 Å². The van der Waals surface area contributed by atoms with E-state index in [1.54, 1.807) is 0 Å². The number of hydrogen-bond donors (Lipinski definition) is 6. The summed E-state index contributed by atoms with van der Waals surface area (Å²) in [6.07, 6.45) is -13.0. The summed E-state index contributed by atoms with van der Waals surface area (Å²) in [5.41, 5.74) is 0. The second-order valence-electron chi connectivity index (χ2n) is 11.2. The van der Waals surface area contributed by atoms with Gasteiger partial charge in [0.1, 0.15) is 42.7 Å². The molecule has 4 heterocycles. The molecule has 5 unspecified atom stereocenters. The highest BCUT2D eigenvalue weighted by Gasteiger charge is 2.54. The van der Waals surface area contributed by atoms with E-state index < -0.39 is 98.4 Å². The lowest BCUT2D eigenvalue weighted by molar-refractivity contribution is -0.392. The summed E-state index contributed by atoms with van der Waals surface area (Å²) in [7, 11) is 0. The Labute approximate surface area is 225 Å². The molecule has 0 spiro atoms. The smallest absolute Gasteiger partial charge is 0.333 e. The number of hydrogen-bond acceptors (Lipinski definition) is 13. The zero-order chi connectivity index (χ0) is 27.8. The topological polar surface area (TPSA) is 203 Å². The maximum absolute atomic E-state index is 12.1. The molecule has 6 N–H and O–H groups in total. The number of rotatable bonds is 2. The van der Waals surface area contributed by atoms with Crippen molar-refractivity contribution in [1.82, 2.24) is 0 Å². The predicted molar refractivity (Wildman–Crippen MR) is 126 cm³/mol. The molecule has 5 fully saturated rings. The van der Waals surface area contributed by atoms with Crippen LogP contribution in [0.1, 0.15) is 39.0 Å². The molecule has 1 saturated carbocycles. The van der Waals surface area contributed by atoms with Crippen LogP contribution >= 0.6 is 0 Å². The number of carboxylic acids is 1. The molecule has 0 amide bonds. The number of ether oxygens (including phenoxy) is 7. The minimum absolute atomic E-state index is 0.0361. The van der Waals surface area contributed by atoms with E-state index in [9.17, 15) is 35.4 Å². The van der Waals surface area contributed by atoms with Crippen molar-refractivity contribution in [2.45, 2.75) is 119 Å². The Hall–Kier alpha value is -1.01. The van der Waals surface area contributed by atoms with E-state index in [1.807, 2.05) is 6.92 Å². The molecule has 0 aromatic rings. The Kier molecular flexibility index (Phi) is 9.43. The lowest BCUT2D eigenvalue weighted by Gasteiger charge is -2.49. The Morgan fingerprint density at radius 3 is 2.21 bits per heavy atom. The lowest BCUT2D eigenvalue weighted by Crippen LogP contribution is -2.65. The summed E-state index contributed by atoms with van der Waals surface area (Å²) in [6.45, 7) is 1.37. The van der Waals surface area contributed by atoms with Gasteiger partial charge in [-0.05, 0) is 31.6 Å². The van der Waals surface area contributed by atoms with Crippen LogP contribution in [-0.4, -0.2) is 136 Å². The molecule has 14 heteroatoms. The van der Waals surface area contributed by atoms with Gasteiger partial charge in [0.25, 0.3) is 0 Å². The van der Waals surface area contributed by atoms with Crippen molar-refractivity contribution in [2.24, 2.45) is 11.8 Å². The number of aliphatic carboxylic acids is 1. The molecule has 0 aromatic carbocycles. The van der Waals surface area contributed by atoms with Crippen molar-refractivity contribution >= 4 is 5.97 Å². The van der Waals surface area contributed by atoms with E-state index in [-0.39, 0.29) is 19.1 Å². The van der Waals surface area contributed by atoms with E-state index in [2.05, 4.69) is 0 Å². The molecule has 1 aliphatic carbocycles. The average molecular weight is 565 g/mol. The third-order valence-electron chi connectivity index (χ3n) is 8.48. The highest BCUT2D eigenvalue weighted by molar-refractivity contribution is 5.72. The quantitative estimate of drug-likeness (QED) is 0.217. The number of carbonyl (C=O) groups is 1. The van der Waals surface area contributed by atoms with Crippen LogP contribution in [0.4, 0.5) is 0 Å². The molecule has 0 aromatic heterocycles. The maximum atomic E-state index is 12.1. The first-order valence-electron chi connectivity index (χ1n) is 13.8. The van der Waals surface area contributed by atoms with Gasteiger partial charge in [0.2, 0.25) is 0 Å². The fraction of sp³-hybridized carbons (Fsp3) is 0.960. The van der Waals surface area contributed by atoms with E-state index in [0.717, 1.165) is 12.8 Å². The molecular weight excluding hydrogens is 524 g/mol. The highest BCUT2D eigenvalue weighted by atomic mass is 16.8. The van der Waals surface area contributed by atoms with Crippen molar-refractivity contribution in [3.8, 4) is 0 Å². The number of aliphatic hydroxyl groups is 5. The fourth-order valence-electron chi connectivity index (χ4n) is 6.20. The first-order valence-corrected chi connectivity index (χ1v) is 13.8. The summed E-state index contributed by atoms with van der Waals surface area (Å²) in [4.78, 5) is 12.1. The third-order valence-corrected chi connectivity index (χ3v) is 8.48. The zero-order valence-corrected chi connectivity index (χ0v) is 21.8. The standard InChI is InChI=1S/C25H40O14/c1-10-4-2-6-12-18(10)38-24-17(30)15(28)16(29)23(39-24)34-9-13-14(27)20-21(25(35-12)36-13)33-7-3-5-11(8-26)19(37-20)22(31)32/h10-21,23-30H,2-9H2,1H3,(H,31,32)/t10-,11+,12-,13+,14+,15?,16+,17+,18?,19-,20?,21?,23?,24-,25-/m1/s1. The van der Waals surface area contributed by atoms with Crippen LogP contribution < -0.4 is 0 Å². The molecule has 14 nitrogen and oxygen atoms in total. The van der Waals surface area contributed by atoms with Crippen LogP contribution in [0.3, 0.4) is 0 Å². The van der Waals surface area contributed by atoms with Crippen molar-refractivity contribution in [3.63, 3.8) is 0 Å². The van der Waals surface area contributed by atoms with Gasteiger partial charge >= 0.3 is 5.97 Å². The summed E-state index contributed by atoms with van der Waals surface area (Å²) >= 11 is 0. The Morgan fingerprint density at radius 1 is 0.718 bits per heavy atom. The maximum Gasteiger partial charge on any atom is 0.333 e. The first kappa shape index (κ1) is 29.5. The minimum atomic E-state index is -1.62. The van der Waals surface area contributed by atoms with Crippen molar-refractivity contribution in [2.75, 3.05) is 19.8 Å².